The molecule has 32 heavy (non-hydrogen) atoms. The van der Waals surface area contributed by atoms with Crippen LogP contribution in [0.25, 0.3) is 0 Å². The fourth-order valence-electron chi connectivity index (χ4n) is 5.41. The molecule has 0 atom stereocenters. The van der Waals surface area contributed by atoms with Crippen molar-refractivity contribution in [2.24, 2.45) is 5.41 Å². The molecule has 0 spiro atoms. The van der Waals surface area contributed by atoms with Crippen molar-refractivity contribution in [3.05, 3.63) is 48.6 Å². The predicted molar refractivity (Wildman–Crippen MR) is 122 cm³/mol. The van der Waals surface area contributed by atoms with Gasteiger partial charge in [0.1, 0.15) is 5.82 Å². The SMILES string of the molecule is O=C(O)CC1(CCN2CCC(N(C(=O)c3ccco3)c3ccccn3)CC2)CCCCC1. The number of aliphatic carboxylic acids is 1. The summed E-state index contributed by atoms with van der Waals surface area (Å²) in [4.78, 5) is 33.3. The van der Waals surface area contributed by atoms with Crippen molar-refractivity contribution in [3.8, 4) is 0 Å². The summed E-state index contributed by atoms with van der Waals surface area (Å²) in [7, 11) is 0. The maximum absolute atomic E-state index is 13.2. The summed E-state index contributed by atoms with van der Waals surface area (Å²) in [5.74, 6) is 0.142. The summed E-state index contributed by atoms with van der Waals surface area (Å²) in [5.41, 5.74) is -0.0455. The van der Waals surface area contributed by atoms with E-state index < -0.39 is 5.97 Å². The molecule has 1 saturated heterocycles. The van der Waals surface area contributed by atoms with Crippen LogP contribution in [0.15, 0.2) is 47.2 Å². The highest BCUT2D eigenvalue weighted by atomic mass is 16.4. The smallest absolute Gasteiger partial charge is 0.303 e. The number of hydrogen-bond donors (Lipinski definition) is 1. The van der Waals surface area contributed by atoms with E-state index in [0.717, 1.165) is 64.6 Å². The Morgan fingerprint density at radius 1 is 1.12 bits per heavy atom. The lowest BCUT2D eigenvalue weighted by Crippen LogP contribution is -2.48. The van der Waals surface area contributed by atoms with E-state index in [4.69, 9.17) is 4.42 Å². The first-order valence-electron chi connectivity index (χ1n) is 11.8. The minimum absolute atomic E-state index is 0.0455. The summed E-state index contributed by atoms with van der Waals surface area (Å²) in [6, 6.07) is 9.09. The summed E-state index contributed by atoms with van der Waals surface area (Å²) in [6.07, 6.45) is 11.7. The maximum Gasteiger partial charge on any atom is 0.303 e. The number of anilines is 1. The average Bonchev–Trinajstić information content (AvgIpc) is 3.35. The third-order valence-corrected chi connectivity index (χ3v) is 7.17. The van der Waals surface area contributed by atoms with E-state index >= 15 is 0 Å². The van der Waals surface area contributed by atoms with Crippen LogP contribution in [0.2, 0.25) is 0 Å². The van der Waals surface area contributed by atoms with Gasteiger partial charge in [-0.1, -0.05) is 25.3 Å². The van der Waals surface area contributed by atoms with E-state index in [1.807, 2.05) is 18.2 Å². The van der Waals surface area contributed by atoms with Crippen molar-refractivity contribution in [3.63, 3.8) is 0 Å². The summed E-state index contributed by atoms with van der Waals surface area (Å²) in [6.45, 7) is 2.71. The molecule has 1 aliphatic heterocycles. The number of carboxylic acid groups (broad SMARTS) is 1. The highest BCUT2D eigenvalue weighted by molar-refractivity contribution is 6.04. The highest BCUT2D eigenvalue weighted by Crippen LogP contribution is 2.42. The van der Waals surface area contributed by atoms with Crippen LogP contribution in [0.3, 0.4) is 0 Å². The zero-order valence-corrected chi connectivity index (χ0v) is 18.6. The molecule has 2 aromatic rings. The van der Waals surface area contributed by atoms with Gasteiger partial charge in [0.2, 0.25) is 0 Å². The van der Waals surface area contributed by atoms with Crippen LogP contribution < -0.4 is 4.90 Å². The Labute approximate surface area is 189 Å². The minimum Gasteiger partial charge on any atom is -0.481 e. The quantitative estimate of drug-likeness (QED) is 0.647. The maximum atomic E-state index is 13.2. The van der Waals surface area contributed by atoms with Crippen molar-refractivity contribution < 1.29 is 19.1 Å². The van der Waals surface area contributed by atoms with Gasteiger partial charge in [0, 0.05) is 25.3 Å². The van der Waals surface area contributed by atoms with Gasteiger partial charge in [-0.25, -0.2) is 4.98 Å². The lowest BCUT2D eigenvalue weighted by molar-refractivity contribution is -0.140. The molecule has 0 unspecified atom stereocenters. The van der Waals surface area contributed by atoms with Crippen molar-refractivity contribution in [1.82, 2.24) is 9.88 Å². The van der Waals surface area contributed by atoms with Crippen molar-refractivity contribution in [1.29, 1.82) is 0 Å². The molecule has 1 amide bonds. The molecule has 0 radical (unpaired) electrons. The number of aromatic nitrogens is 1. The zero-order valence-electron chi connectivity index (χ0n) is 18.6. The summed E-state index contributed by atoms with van der Waals surface area (Å²) >= 11 is 0. The van der Waals surface area contributed by atoms with Crippen LogP contribution in [0.4, 0.5) is 5.82 Å². The van der Waals surface area contributed by atoms with Crippen molar-refractivity contribution in [2.45, 2.75) is 63.8 Å². The third-order valence-electron chi connectivity index (χ3n) is 7.17. The van der Waals surface area contributed by atoms with Gasteiger partial charge in [-0.2, -0.15) is 0 Å². The molecule has 0 bridgehead atoms. The molecular weight excluding hydrogens is 406 g/mol. The molecular formula is C25H33N3O4. The second kappa shape index (κ2) is 10.3. The van der Waals surface area contributed by atoms with E-state index in [1.165, 1.54) is 12.7 Å². The Bertz CT molecular complexity index is 870. The molecule has 2 aromatic heterocycles. The fourth-order valence-corrected chi connectivity index (χ4v) is 5.41. The van der Waals surface area contributed by atoms with Gasteiger partial charge < -0.3 is 14.4 Å². The molecule has 7 heteroatoms. The average molecular weight is 440 g/mol. The van der Waals surface area contributed by atoms with Crippen molar-refractivity contribution >= 4 is 17.7 Å². The van der Waals surface area contributed by atoms with Gasteiger partial charge in [-0.3, -0.25) is 14.5 Å². The number of amides is 1. The summed E-state index contributed by atoms with van der Waals surface area (Å²) in [5, 5.41) is 9.44. The standard InChI is InChI=1S/C25H33N3O4/c29-23(30)19-25(11-3-1-4-12-25)13-17-27-15-9-20(10-16-27)28(22-8-2-5-14-26-22)24(31)21-7-6-18-32-21/h2,5-8,14,18,20H,1,3-4,9-13,15-17,19H2,(H,29,30). The van der Waals surface area contributed by atoms with E-state index in [2.05, 4.69) is 9.88 Å². The number of hydrogen-bond acceptors (Lipinski definition) is 5. The van der Waals surface area contributed by atoms with Gasteiger partial charge in [-0.05, 0) is 68.3 Å². The van der Waals surface area contributed by atoms with Crippen LogP contribution in [-0.4, -0.2) is 52.5 Å². The number of pyridine rings is 1. The summed E-state index contributed by atoms with van der Waals surface area (Å²) < 4.78 is 5.38. The lowest BCUT2D eigenvalue weighted by atomic mass is 9.69. The van der Waals surface area contributed by atoms with E-state index in [-0.39, 0.29) is 23.8 Å². The lowest BCUT2D eigenvalue weighted by Gasteiger charge is -2.41. The molecule has 3 heterocycles. The number of likely N-dealkylation sites (tertiary alicyclic amines) is 1. The first kappa shape index (κ1) is 22.5. The predicted octanol–water partition coefficient (Wildman–Crippen LogP) is 4.60. The van der Waals surface area contributed by atoms with Crippen LogP contribution in [-0.2, 0) is 4.79 Å². The Balaban J connectivity index is 1.38. The third kappa shape index (κ3) is 5.38. The van der Waals surface area contributed by atoms with E-state index in [9.17, 15) is 14.7 Å². The molecule has 2 aliphatic rings. The van der Waals surface area contributed by atoms with Crippen molar-refractivity contribution in [2.75, 3.05) is 24.5 Å². The number of nitrogens with zero attached hydrogens (tertiary/aromatic N) is 3. The van der Waals surface area contributed by atoms with Crippen LogP contribution in [0.1, 0.15) is 68.3 Å². The monoisotopic (exact) mass is 439 g/mol. The molecule has 0 aromatic carbocycles. The number of carbonyl (C=O) groups is 2. The second-order valence-corrected chi connectivity index (χ2v) is 9.29. The van der Waals surface area contributed by atoms with Crippen LogP contribution >= 0.6 is 0 Å². The number of rotatable bonds is 8. The van der Waals surface area contributed by atoms with Gasteiger partial charge in [-0.15, -0.1) is 0 Å². The fraction of sp³-hybridized carbons (Fsp3) is 0.560. The highest BCUT2D eigenvalue weighted by Gasteiger charge is 2.36. The Morgan fingerprint density at radius 2 is 1.91 bits per heavy atom. The van der Waals surface area contributed by atoms with Gasteiger partial charge in [0.25, 0.3) is 5.91 Å². The van der Waals surface area contributed by atoms with Gasteiger partial charge in [0.15, 0.2) is 5.76 Å². The normalized spacial score (nSPS) is 19.5. The first-order valence-corrected chi connectivity index (χ1v) is 11.8. The Hall–Kier alpha value is -2.67. The Kier molecular flexibility index (Phi) is 7.25. The molecule has 2 fully saturated rings. The number of furan rings is 1. The molecule has 1 aliphatic carbocycles. The van der Waals surface area contributed by atoms with Crippen LogP contribution in [0.5, 0.6) is 0 Å². The molecule has 1 saturated carbocycles. The second-order valence-electron chi connectivity index (χ2n) is 9.29. The van der Waals surface area contributed by atoms with Gasteiger partial charge >= 0.3 is 5.97 Å². The van der Waals surface area contributed by atoms with Gasteiger partial charge in [0.05, 0.1) is 12.7 Å². The molecule has 7 nitrogen and oxygen atoms in total. The van der Waals surface area contributed by atoms with Crippen LogP contribution in [0, 0.1) is 5.41 Å². The molecule has 1 N–H and O–H groups in total. The molecule has 172 valence electrons. The zero-order chi connectivity index (χ0) is 22.4. The minimum atomic E-state index is -0.673. The molecule has 4 rings (SSSR count). The first-order chi connectivity index (χ1) is 15.6. The Morgan fingerprint density at radius 3 is 2.53 bits per heavy atom. The number of piperidine rings is 1. The number of carbonyl (C=O) groups excluding carboxylic acids is 1. The van der Waals surface area contributed by atoms with E-state index in [1.54, 1.807) is 23.2 Å². The largest absolute Gasteiger partial charge is 0.481 e. The van der Waals surface area contributed by atoms with E-state index in [0.29, 0.717) is 11.6 Å². The number of carboxylic acids is 1. The topological polar surface area (TPSA) is 86.9 Å².